The van der Waals surface area contributed by atoms with Gasteiger partial charge in [0.2, 0.25) is 0 Å². The number of aromatic nitrogens is 3. The third kappa shape index (κ3) is 3.17. The highest BCUT2D eigenvalue weighted by Crippen LogP contribution is 2.21. The first-order chi connectivity index (χ1) is 11.6. The van der Waals surface area contributed by atoms with E-state index < -0.39 is 5.91 Å². The van der Waals surface area contributed by atoms with Gasteiger partial charge in [-0.1, -0.05) is 32.0 Å². The van der Waals surface area contributed by atoms with Crippen LogP contribution in [0.25, 0.3) is 10.9 Å². The highest BCUT2D eigenvalue weighted by molar-refractivity contribution is 5.92. The minimum absolute atomic E-state index is 0.00763. The summed E-state index contributed by atoms with van der Waals surface area (Å²) >= 11 is 0. The summed E-state index contributed by atoms with van der Waals surface area (Å²) in [6, 6.07) is 10.4. The van der Waals surface area contributed by atoms with Crippen LogP contribution in [0.5, 0.6) is 0 Å². The second-order valence-electron chi connectivity index (χ2n) is 5.91. The lowest BCUT2D eigenvalue weighted by atomic mass is 9.97. The van der Waals surface area contributed by atoms with E-state index in [2.05, 4.69) is 20.3 Å². The lowest BCUT2D eigenvalue weighted by molar-refractivity contribution is 0.0915. The number of para-hydroxylation sites is 1. The fourth-order valence-corrected chi connectivity index (χ4v) is 2.60. The van der Waals surface area contributed by atoms with E-state index in [1.165, 1.54) is 0 Å². The number of nitrogens with one attached hydrogen (secondary N) is 2. The Morgan fingerprint density at radius 2 is 1.96 bits per heavy atom. The SMILES string of the molecule is CC(C)C(NC(=O)c1nc2ccccc2c(=O)[nH]1)c1cccnc1. The van der Waals surface area contributed by atoms with Crippen molar-refractivity contribution < 1.29 is 4.79 Å². The average Bonchev–Trinajstić information content (AvgIpc) is 2.60. The largest absolute Gasteiger partial charge is 0.342 e. The summed E-state index contributed by atoms with van der Waals surface area (Å²) in [6.45, 7) is 4.02. The molecular formula is C18H18N4O2. The molecule has 0 saturated heterocycles. The molecule has 6 nitrogen and oxygen atoms in total. The molecule has 0 aliphatic rings. The highest BCUT2D eigenvalue weighted by atomic mass is 16.2. The van der Waals surface area contributed by atoms with Crippen LogP contribution >= 0.6 is 0 Å². The monoisotopic (exact) mass is 322 g/mol. The van der Waals surface area contributed by atoms with Crippen LogP contribution in [0.1, 0.15) is 36.1 Å². The van der Waals surface area contributed by atoms with Gasteiger partial charge in [-0.3, -0.25) is 14.6 Å². The van der Waals surface area contributed by atoms with Crippen molar-refractivity contribution in [2.24, 2.45) is 5.92 Å². The van der Waals surface area contributed by atoms with Gasteiger partial charge in [0.25, 0.3) is 11.5 Å². The summed E-state index contributed by atoms with van der Waals surface area (Å²) in [5.41, 5.74) is 1.08. The number of carbonyl (C=O) groups is 1. The molecule has 2 heterocycles. The van der Waals surface area contributed by atoms with E-state index in [0.717, 1.165) is 5.56 Å². The Labute approximate surface area is 139 Å². The number of hydrogen-bond donors (Lipinski definition) is 2. The third-order valence-corrected chi connectivity index (χ3v) is 3.82. The van der Waals surface area contributed by atoms with E-state index in [0.29, 0.717) is 10.9 Å². The van der Waals surface area contributed by atoms with Gasteiger partial charge >= 0.3 is 0 Å². The number of benzene rings is 1. The molecule has 1 aromatic carbocycles. The van der Waals surface area contributed by atoms with E-state index in [-0.39, 0.29) is 23.3 Å². The minimum Gasteiger partial charge on any atom is -0.342 e. The number of aromatic amines is 1. The second kappa shape index (κ2) is 6.62. The molecule has 2 aromatic heterocycles. The first-order valence-electron chi connectivity index (χ1n) is 7.76. The molecule has 24 heavy (non-hydrogen) atoms. The van der Waals surface area contributed by atoms with Crippen molar-refractivity contribution in [2.75, 3.05) is 0 Å². The van der Waals surface area contributed by atoms with Crippen LogP contribution < -0.4 is 10.9 Å². The number of carbonyl (C=O) groups excluding carboxylic acids is 1. The lowest BCUT2D eigenvalue weighted by Crippen LogP contribution is -2.34. The van der Waals surface area contributed by atoms with Crippen molar-refractivity contribution >= 4 is 16.8 Å². The summed E-state index contributed by atoms with van der Waals surface area (Å²) in [4.78, 5) is 35.6. The minimum atomic E-state index is -0.416. The summed E-state index contributed by atoms with van der Waals surface area (Å²) in [5, 5.41) is 3.39. The Morgan fingerprint density at radius 3 is 2.67 bits per heavy atom. The summed E-state index contributed by atoms with van der Waals surface area (Å²) in [5.74, 6) is -0.251. The van der Waals surface area contributed by atoms with Crippen molar-refractivity contribution in [3.05, 3.63) is 70.5 Å². The second-order valence-corrected chi connectivity index (χ2v) is 5.91. The first kappa shape index (κ1) is 15.9. The predicted molar refractivity (Wildman–Crippen MR) is 91.6 cm³/mol. The third-order valence-electron chi connectivity index (χ3n) is 3.82. The molecule has 3 aromatic rings. The maximum atomic E-state index is 12.6. The number of nitrogens with zero attached hydrogens (tertiary/aromatic N) is 2. The Bertz CT molecular complexity index is 919. The molecule has 6 heteroatoms. The number of pyridine rings is 1. The highest BCUT2D eigenvalue weighted by Gasteiger charge is 2.21. The Morgan fingerprint density at radius 1 is 1.17 bits per heavy atom. The normalized spacial score (nSPS) is 12.3. The number of amides is 1. The molecule has 0 aliphatic carbocycles. The van der Waals surface area contributed by atoms with E-state index in [1.54, 1.807) is 36.7 Å². The quantitative estimate of drug-likeness (QED) is 0.772. The van der Waals surface area contributed by atoms with Gasteiger partial charge in [-0.25, -0.2) is 4.98 Å². The van der Waals surface area contributed by atoms with E-state index >= 15 is 0 Å². The van der Waals surface area contributed by atoms with E-state index in [9.17, 15) is 9.59 Å². The van der Waals surface area contributed by atoms with Gasteiger partial charge in [-0.2, -0.15) is 0 Å². The van der Waals surface area contributed by atoms with E-state index in [1.807, 2.05) is 26.0 Å². The molecule has 0 bridgehead atoms. The van der Waals surface area contributed by atoms with Crippen molar-refractivity contribution in [1.29, 1.82) is 0 Å². The number of hydrogen-bond acceptors (Lipinski definition) is 4. The molecule has 1 unspecified atom stereocenters. The standard InChI is InChI=1S/C18H18N4O2/c1-11(2)15(12-6-5-9-19-10-12)21-18(24)16-20-14-8-4-3-7-13(14)17(23)22-16/h3-11,15H,1-2H3,(H,21,24)(H,20,22,23). The van der Waals surface area contributed by atoms with Crippen molar-refractivity contribution in [2.45, 2.75) is 19.9 Å². The summed E-state index contributed by atoms with van der Waals surface area (Å²) in [7, 11) is 0. The van der Waals surface area contributed by atoms with Crippen molar-refractivity contribution in [3.63, 3.8) is 0 Å². The Hall–Kier alpha value is -3.02. The maximum Gasteiger partial charge on any atom is 0.287 e. The molecule has 1 amide bonds. The summed E-state index contributed by atoms with van der Waals surface area (Å²) < 4.78 is 0. The van der Waals surface area contributed by atoms with Crippen LogP contribution in [0, 0.1) is 5.92 Å². The van der Waals surface area contributed by atoms with Crippen LogP contribution in [0.3, 0.4) is 0 Å². The summed E-state index contributed by atoms with van der Waals surface area (Å²) in [6.07, 6.45) is 3.41. The van der Waals surface area contributed by atoms with Crippen LogP contribution in [-0.4, -0.2) is 20.9 Å². The molecular weight excluding hydrogens is 304 g/mol. The smallest absolute Gasteiger partial charge is 0.287 e. The zero-order valence-corrected chi connectivity index (χ0v) is 13.5. The molecule has 3 rings (SSSR count). The Kier molecular flexibility index (Phi) is 4.37. The molecule has 1 atom stereocenters. The van der Waals surface area contributed by atoms with Gasteiger partial charge in [-0.05, 0) is 29.7 Å². The molecule has 2 N–H and O–H groups in total. The molecule has 0 fully saturated rings. The molecule has 0 aliphatic heterocycles. The van der Waals surface area contributed by atoms with Gasteiger partial charge in [0, 0.05) is 12.4 Å². The molecule has 0 saturated carbocycles. The predicted octanol–water partition coefficient (Wildman–Crippen LogP) is 2.45. The molecule has 0 spiro atoms. The first-order valence-corrected chi connectivity index (χ1v) is 7.76. The number of rotatable bonds is 4. The van der Waals surface area contributed by atoms with Gasteiger partial charge in [0.1, 0.15) is 0 Å². The zero-order valence-electron chi connectivity index (χ0n) is 13.5. The zero-order chi connectivity index (χ0) is 17.1. The maximum absolute atomic E-state index is 12.6. The number of H-pyrrole nitrogens is 1. The van der Waals surface area contributed by atoms with Gasteiger partial charge < -0.3 is 10.3 Å². The molecule has 0 radical (unpaired) electrons. The fraction of sp³-hybridized carbons (Fsp3) is 0.222. The van der Waals surface area contributed by atoms with Gasteiger partial charge in [-0.15, -0.1) is 0 Å². The van der Waals surface area contributed by atoms with Gasteiger partial charge in [0.05, 0.1) is 16.9 Å². The van der Waals surface area contributed by atoms with Crippen LogP contribution in [0.4, 0.5) is 0 Å². The van der Waals surface area contributed by atoms with E-state index in [4.69, 9.17) is 0 Å². The van der Waals surface area contributed by atoms with Crippen LogP contribution in [0.15, 0.2) is 53.6 Å². The van der Waals surface area contributed by atoms with Crippen molar-refractivity contribution in [1.82, 2.24) is 20.3 Å². The Balaban J connectivity index is 1.92. The van der Waals surface area contributed by atoms with Crippen LogP contribution in [-0.2, 0) is 0 Å². The lowest BCUT2D eigenvalue weighted by Gasteiger charge is -2.22. The average molecular weight is 322 g/mol. The number of fused-ring (bicyclic) bond motifs is 1. The molecule has 122 valence electrons. The topological polar surface area (TPSA) is 87.7 Å². The fourth-order valence-electron chi connectivity index (χ4n) is 2.60. The van der Waals surface area contributed by atoms with Crippen LogP contribution in [0.2, 0.25) is 0 Å². The van der Waals surface area contributed by atoms with Gasteiger partial charge in [0.15, 0.2) is 5.82 Å². The van der Waals surface area contributed by atoms with Crippen molar-refractivity contribution in [3.8, 4) is 0 Å².